The average molecular weight is 871 g/mol. The van der Waals surface area contributed by atoms with Crippen LogP contribution in [0.2, 0.25) is 0 Å². The van der Waals surface area contributed by atoms with Gasteiger partial charge in [0.25, 0.3) is 0 Å². The molecule has 0 saturated heterocycles. The molecule has 0 aromatic carbocycles. The number of esters is 2. The predicted octanol–water partition coefficient (Wildman–Crippen LogP) is 6.91. The van der Waals surface area contributed by atoms with Gasteiger partial charge in [-0.05, 0) is 70.6 Å². The molecule has 0 spiro atoms. The Balaban J connectivity index is 2.58. The van der Waals surface area contributed by atoms with E-state index in [0.717, 1.165) is 57.8 Å². The van der Waals surface area contributed by atoms with E-state index in [1.807, 2.05) is 36.5 Å². The fourth-order valence-corrected chi connectivity index (χ4v) is 6.96. The average Bonchev–Trinajstić information content (AvgIpc) is 3.22. The molecule has 9 atom stereocenters. The van der Waals surface area contributed by atoms with Gasteiger partial charge < -0.3 is 45.0 Å². The second-order valence-electron chi connectivity index (χ2n) is 15.0. The van der Waals surface area contributed by atoms with Gasteiger partial charge in [-0.15, -0.1) is 0 Å². The Labute approximate surface area is 358 Å². The number of aliphatic hydroxyl groups excluding tert-OH is 6. The maximum absolute atomic E-state index is 12.8. The molecular weight excluding hydrogens is 795 g/mol. The molecular formula is C45H75O14P. The summed E-state index contributed by atoms with van der Waals surface area (Å²) in [5.41, 5.74) is 0. The van der Waals surface area contributed by atoms with Crippen molar-refractivity contribution in [2.75, 3.05) is 13.2 Å². The lowest BCUT2D eigenvalue weighted by atomic mass is 9.85. The summed E-state index contributed by atoms with van der Waals surface area (Å²) in [6.45, 7) is 3.05. The van der Waals surface area contributed by atoms with E-state index in [1.165, 1.54) is 19.3 Å². The van der Waals surface area contributed by atoms with E-state index in [0.29, 0.717) is 32.1 Å². The van der Waals surface area contributed by atoms with E-state index in [-0.39, 0.29) is 12.8 Å². The summed E-state index contributed by atoms with van der Waals surface area (Å²) in [6.07, 6.45) is 25.6. The Bertz CT molecular complexity index is 1340. The topological polar surface area (TPSA) is 230 Å². The lowest BCUT2D eigenvalue weighted by Gasteiger charge is -2.41. The molecule has 1 aliphatic rings. The van der Waals surface area contributed by atoms with Gasteiger partial charge in [0.05, 0.1) is 12.7 Å². The first kappa shape index (κ1) is 55.3. The van der Waals surface area contributed by atoms with Gasteiger partial charge in [0.1, 0.15) is 43.2 Å². The lowest BCUT2D eigenvalue weighted by molar-refractivity contribution is -0.220. The van der Waals surface area contributed by atoms with Gasteiger partial charge in [-0.2, -0.15) is 0 Å². The second-order valence-corrected chi connectivity index (χ2v) is 16.4. The molecule has 1 rings (SSSR count). The van der Waals surface area contributed by atoms with Gasteiger partial charge in [0, 0.05) is 12.8 Å². The Kier molecular flexibility index (Phi) is 32.0. The van der Waals surface area contributed by atoms with Crippen molar-refractivity contribution in [2.24, 2.45) is 0 Å². The normalized spacial score (nSPS) is 23.4. The fourth-order valence-electron chi connectivity index (χ4n) is 5.98. The number of allylic oxidation sites excluding steroid dienone is 10. The molecule has 1 aliphatic carbocycles. The maximum Gasteiger partial charge on any atom is 0.472 e. The van der Waals surface area contributed by atoms with Crippen LogP contribution in [0.15, 0.2) is 72.9 Å². The summed E-state index contributed by atoms with van der Waals surface area (Å²) in [4.78, 5) is 35.6. The molecule has 1 saturated carbocycles. The van der Waals surface area contributed by atoms with Crippen molar-refractivity contribution in [3.05, 3.63) is 72.9 Å². The van der Waals surface area contributed by atoms with Crippen LogP contribution < -0.4 is 0 Å². The highest BCUT2D eigenvalue weighted by Crippen LogP contribution is 2.47. The van der Waals surface area contributed by atoms with Crippen molar-refractivity contribution in [3.63, 3.8) is 0 Å². The molecule has 0 aliphatic heterocycles. The van der Waals surface area contributed by atoms with Crippen LogP contribution in [0.4, 0.5) is 0 Å². The molecule has 0 amide bonds. The van der Waals surface area contributed by atoms with E-state index < -0.39 is 81.8 Å². The van der Waals surface area contributed by atoms with Crippen molar-refractivity contribution in [2.45, 2.75) is 185 Å². The SMILES string of the molecule is CCC/C=C\C/C=C\CCCCCCCC(=O)OC[C@H](COP(=O)(O)OC1[C@H](O)[C@H](O)C(O)[C@H](O)[C@H]1O)OC(=O)CCC/C=C/C/C=C\C[C@@H](O)/C=C\C=C/CCCCC. The quantitative estimate of drug-likeness (QED) is 0.0115. The minimum atomic E-state index is -5.15. The number of hydrogen-bond donors (Lipinski definition) is 7. The number of carbonyl (C=O) groups is 2. The molecule has 0 radical (unpaired) electrons. The van der Waals surface area contributed by atoms with Crippen LogP contribution in [0.1, 0.15) is 136 Å². The Hall–Kier alpha value is -2.75. The molecule has 60 heavy (non-hydrogen) atoms. The molecule has 0 bridgehead atoms. The van der Waals surface area contributed by atoms with Crippen LogP contribution in [-0.4, -0.2) is 110 Å². The van der Waals surface area contributed by atoms with Crippen molar-refractivity contribution in [3.8, 4) is 0 Å². The number of hydrogen-bond acceptors (Lipinski definition) is 13. The molecule has 0 heterocycles. The Morgan fingerprint density at radius 3 is 1.82 bits per heavy atom. The monoisotopic (exact) mass is 870 g/mol. The molecule has 15 heteroatoms. The van der Waals surface area contributed by atoms with Crippen molar-refractivity contribution >= 4 is 19.8 Å². The lowest BCUT2D eigenvalue weighted by Crippen LogP contribution is -2.64. The van der Waals surface area contributed by atoms with Crippen LogP contribution in [0.3, 0.4) is 0 Å². The number of phosphoric ester groups is 1. The van der Waals surface area contributed by atoms with Crippen LogP contribution in [-0.2, 0) is 32.7 Å². The Morgan fingerprint density at radius 1 is 0.600 bits per heavy atom. The first-order valence-electron chi connectivity index (χ1n) is 21.8. The highest BCUT2D eigenvalue weighted by Gasteiger charge is 2.51. The number of carbonyl (C=O) groups excluding carboxylic acids is 2. The van der Waals surface area contributed by atoms with Crippen LogP contribution in [0.5, 0.6) is 0 Å². The largest absolute Gasteiger partial charge is 0.472 e. The summed E-state index contributed by atoms with van der Waals surface area (Å²) in [6, 6.07) is 0. The van der Waals surface area contributed by atoms with Crippen LogP contribution in [0.25, 0.3) is 0 Å². The predicted molar refractivity (Wildman–Crippen MR) is 231 cm³/mol. The highest BCUT2D eigenvalue weighted by atomic mass is 31.2. The molecule has 3 unspecified atom stereocenters. The summed E-state index contributed by atoms with van der Waals surface area (Å²) in [7, 11) is -5.15. The van der Waals surface area contributed by atoms with Gasteiger partial charge in [-0.25, -0.2) is 4.57 Å². The minimum Gasteiger partial charge on any atom is -0.462 e. The van der Waals surface area contributed by atoms with Gasteiger partial charge in [-0.1, -0.05) is 125 Å². The number of ether oxygens (including phenoxy) is 2. The van der Waals surface area contributed by atoms with Gasteiger partial charge in [-0.3, -0.25) is 18.6 Å². The van der Waals surface area contributed by atoms with E-state index >= 15 is 0 Å². The fraction of sp³-hybridized carbons (Fsp3) is 0.689. The van der Waals surface area contributed by atoms with E-state index in [1.54, 1.807) is 6.08 Å². The third kappa shape index (κ3) is 27.2. The zero-order chi connectivity index (χ0) is 44.4. The molecule has 344 valence electrons. The standard InChI is InChI=1S/C45H75O14P/c1-3-5-7-9-11-12-13-14-15-16-20-24-28-32-38(47)56-34-37(35-57-60(54,55)59-45-43(52)41(50)40(49)42(51)44(45)53)58-39(48)33-29-25-21-17-19-23-27-31-36(46)30-26-22-18-10-8-6-4-2/h7,9,12-13,17-18,21-23,26-27,30,36-37,40-46,49-53H,3-6,8,10-11,14-16,19-20,24-25,28-29,31-35H2,1-2H3,(H,54,55)/b9-7-,13-12-,21-17+,22-18-,27-23-,30-26-/t36-,37+,40?,41-,42+,43+,44+,45?/m0/s1. The number of unbranched alkanes of at least 4 members (excludes halogenated alkanes) is 10. The van der Waals surface area contributed by atoms with E-state index in [9.17, 15) is 49.7 Å². The summed E-state index contributed by atoms with van der Waals surface area (Å²) < 4.78 is 33.3. The smallest absolute Gasteiger partial charge is 0.462 e. The first-order chi connectivity index (χ1) is 28.8. The number of rotatable bonds is 34. The number of aliphatic hydroxyl groups is 6. The molecule has 7 N–H and O–H groups in total. The van der Waals surface area contributed by atoms with Gasteiger partial charge >= 0.3 is 19.8 Å². The minimum absolute atomic E-state index is 0.0200. The Morgan fingerprint density at radius 2 is 1.15 bits per heavy atom. The highest BCUT2D eigenvalue weighted by molar-refractivity contribution is 7.47. The summed E-state index contributed by atoms with van der Waals surface area (Å²) in [5.74, 6) is -1.23. The van der Waals surface area contributed by atoms with Crippen LogP contribution >= 0.6 is 7.82 Å². The molecule has 0 aromatic heterocycles. The third-order valence-corrected chi connectivity index (χ3v) is 10.6. The number of phosphoric acid groups is 1. The maximum atomic E-state index is 12.8. The first-order valence-corrected chi connectivity index (χ1v) is 23.3. The van der Waals surface area contributed by atoms with Crippen molar-refractivity contribution in [1.29, 1.82) is 0 Å². The van der Waals surface area contributed by atoms with Gasteiger partial charge in [0.2, 0.25) is 0 Å². The van der Waals surface area contributed by atoms with Crippen molar-refractivity contribution in [1.82, 2.24) is 0 Å². The van der Waals surface area contributed by atoms with E-state index in [4.69, 9.17) is 18.5 Å². The summed E-state index contributed by atoms with van der Waals surface area (Å²) in [5, 5.41) is 60.1. The van der Waals surface area contributed by atoms with Gasteiger partial charge in [0.15, 0.2) is 6.10 Å². The zero-order valence-electron chi connectivity index (χ0n) is 35.8. The van der Waals surface area contributed by atoms with Crippen LogP contribution in [0, 0.1) is 0 Å². The molecule has 14 nitrogen and oxygen atoms in total. The molecule has 0 aromatic rings. The molecule has 1 fully saturated rings. The van der Waals surface area contributed by atoms with E-state index in [2.05, 4.69) is 44.2 Å². The zero-order valence-corrected chi connectivity index (χ0v) is 36.7. The van der Waals surface area contributed by atoms with Crippen molar-refractivity contribution < 1.29 is 68.2 Å². The second kappa shape index (κ2) is 34.8. The third-order valence-electron chi connectivity index (χ3n) is 9.58. The summed E-state index contributed by atoms with van der Waals surface area (Å²) >= 11 is 0.